The Balaban J connectivity index is 1.49. The number of rotatable bonds is 5. The summed E-state index contributed by atoms with van der Waals surface area (Å²) in [5, 5.41) is 8.88. The third kappa shape index (κ3) is 3.48. The van der Waals surface area contributed by atoms with Crippen molar-refractivity contribution in [2.75, 3.05) is 57.3 Å². The maximum Gasteiger partial charge on any atom is 0.241 e. The molecule has 0 unspecified atom stereocenters. The SMILES string of the molecule is O=C(CN1CCN(CCCO)CC1)N1CCc2ccccc21. The van der Waals surface area contributed by atoms with E-state index in [0.29, 0.717) is 6.54 Å². The number of hydrogen-bond donors (Lipinski definition) is 1. The molecule has 2 aliphatic heterocycles. The largest absolute Gasteiger partial charge is 0.396 e. The normalized spacial score (nSPS) is 19.4. The van der Waals surface area contributed by atoms with Crippen molar-refractivity contribution in [3.05, 3.63) is 29.8 Å². The summed E-state index contributed by atoms with van der Waals surface area (Å²) in [5.74, 6) is 0.216. The molecule has 0 aromatic heterocycles. The number of hydrogen-bond acceptors (Lipinski definition) is 4. The smallest absolute Gasteiger partial charge is 0.241 e. The molecule has 1 fully saturated rings. The molecule has 5 nitrogen and oxygen atoms in total. The highest BCUT2D eigenvalue weighted by Crippen LogP contribution is 2.27. The minimum absolute atomic E-state index is 0.216. The summed E-state index contributed by atoms with van der Waals surface area (Å²) < 4.78 is 0. The summed E-state index contributed by atoms with van der Waals surface area (Å²) >= 11 is 0. The van der Waals surface area contributed by atoms with Crippen LogP contribution in [0.4, 0.5) is 5.69 Å². The van der Waals surface area contributed by atoms with Crippen molar-refractivity contribution in [1.82, 2.24) is 9.80 Å². The van der Waals surface area contributed by atoms with E-state index < -0.39 is 0 Å². The topological polar surface area (TPSA) is 47.0 Å². The zero-order valence-electron chi connectivity index (χ0n) is 13.1. The van der Waals surface area contributed by atoms with Crippen molar-refractivity contribution in [3.8, 4) is 0 Å². The van der Waals surface area contributed by atoms with Gasteiger partial charge in [-0.3, -0.25) is 9.69 Å². The van der Waals surface area contributed by atoms with Crippen LogP contribution in [0.3, 0.4) is 0 Å². The number of fused-ring (bicyclic) bond motifs is 1. The third-order valence-corrected chi connectivity index (χ3v) is 4.64. The molecule has 0 saturated carbocycles. The van der Waals surface area contributed by atoms with Crippen LogP contribution in [0, 0.1) is 0 Å². The number of nitrogens with zero attached hydrogens (tertiary/aromatic N) is 3. The summed E-state index contributed by atoms with van der Waals surface area (Å²) in [6.45, 7) is 6.40. The van der Waals surface area contributed by atoms with Gasteiger partial charge in [0.15, 0.2) is 0 Å². The van der Waals surface area contributed by atoms with E-state index in [4.69, 9.17) is 5.11 Å². The van der Waals surface area contributed by atoms with Crippen molar-refractivity contribution < 1.29 is 9.90 Å². The van der Waals surface area contributed by atoms with E-state index in [1.54, 1.807) is 0 Å². The number of carbonyl (C=O) groups excluding carboxylic acids is 1. The fourth-order valence-electron chi connectivity index (χ4n) is 3.34. The Morgan fingerprint density at radius 2 is 1.77 bits per heavy atom. The van der Waals surface area contributed by atoms with Crippen LogP contribution in [0.2, 0.25) is 0 Å². The van der Waals surface area contributed by atoms with Crippen LogP contribution in [0.25, 0.3) is 0 Å². The first-order chi connectivity index (χ1) is 10.8. The van der Waals surface area contributed by atoms with Crippen LogP contribution >= 0.6 is 0 Å². The van der Waals surface area contributed by atoms with Gasteiger partial charge in [0, 0.05) is 51.6 Å². The molecule has 1 aromatic carbocycles. The number of aliphatic hydroxyl groups is 1. The van der Waals surface area contributed by atoms with Crippen LogP contribution in [-0.2, 0) is 11.2 Å². The van der Waals surface area contributed by atoms with Crippen LogP contribution < -0.4 is 4.90 Å². The van der Waals surface area contributed by atoms with E-state index in [-0.39, 0.29) is 12.5 Å². The molecule has 22 heavy (non-hydrogen) atoms. The molecule has 3 rings (SSSR count). The van der Waals surface area contributed by atoms with Gasteiger partial charge in [0.25, 0.3) is 0 Å². The van der Waals surface area contributed by atoms with Crippen molar-refractivity contribution in [2.45, 2.75) is 12.8 Å². The number of benzene rings is 1. The third-order valence-electron chi connectivity index (χ3n) is 4.64. The van der Waals surface area contributed by atoms with Gasteiger partial charge in [0.2, 0.25) is 5.91 Å². The number of piperazine rings is 1. The molecule has 0 atom stereocenters. The molecular formula is C17H25N3O2. The molecule has 0 bridgehead atoms. The average Bonchev–Trinajstić information content (AvgIpc) is 2.98. The lowest BCUT2D eigenvalue weighted by Gasteiger charge is -2.34. The molecule has 0 radical (unpaired) electrons. The number of aliphatic hydroxyl groups excluding tert-OH is 1. The van der Waals surface area contributed by atoms with Crippen LogP contribution in [0.15, 0.2) is 24.3 Å². The summed E-state index contributed by atoms with van der Waals surface area (Å²) in [6.07, 6.45) is 1.81. The van der Waals surface area contributed by atoms with Gasteiger partial charge >= 0.3 is 0 Å². The molecular weight excluding hydrogens is 278 g/mol. The molecule has 120 valence electrons. The lowest BCUT2D eigenvalue weighted by Crippen LogP contribution is -2.50. The molecule has 1 aromatic rings. The highest BCUT2D eigenvalue weighted by atomic mass is 16.3. The van der Waals surface area contributed by atoms with E-state index in [0.717, 1.165) is 57.8 Å². The Bertz CT molecular complexity index is 512. The van der Waals surface area contributed by atoms with E-state index in [1.807, 2.05) is 23.1 Å². The summed E-state index contributed by atoms with van der Waals surface area (Å²) in [7, 11) is 0. The number of anilines is 1. The van der Waals surface area contributed by atoms with Gasteiger partial charge in [0.05, 0.1) is 6.54 Å². The highest BCUT2D eigenvalue weighted by Gasteiger charge is 2.26. The fourth-order valence-corrected chi connectivity index (χ4v) is 3.34. The molecule has 0 aliphatic carbocycles. The molecule has 1 saturated heterocycles. The van der Waals surface area contributed by atoms with E-state index in [1.165, 1.54) is 5.56 Å². The van der Waals surface area contributed by atoms with Crippen LogP contribution in [-0.4, -0.2) is 73.2 Å². The number of amides is 1. The van der Waals surface area contributed by atoms with Gasteiger partial charge in [-0.25, -0.2) is 0 Å². The summed E-state index contributed by atoms with van der Waals surface area (Å²) in [5.41, 5.74) is 2.37. The predicted molar refractivity (Wildman–Crippen MR) is 87.1 cm³/mol. The Labute approximate surface area is 132 Å². The first kappa shape index (κ1) is 15.5. The van der Waals surface area contributed by atoms with Gasteiger partial charge in [-0.05, 0) is 24.5 Å². The van der Waals surface area contributed by atoms with Crippen molar-refractivity contribution >= 4 is 11.6 Å². The first-order valence-corrected chi connectivity index (χ1v) is 8.22. The second-order valence-corrected chi connectivity index (χ2v) is 6.12. The fraction of sp³-hybridized carbons (Fsp3) is 0.588. The molecule has 5 heteroatoms. The van der Waals surface area contributed by atoms with E-state index in [2.05, 4.69) is 15.9 Å². The van der Waals surface area contributed by atoms with Gasteiger partial charge < -0.3 is 14.9 Å². The highest BCUT2D eigenvalue weighted by molar-refractivity contribution is 5.96. The van der Waals surface area contributed by atoms with Crippen molar-refractivity contribution in [3.63, 3.8) is 0 Å². The Kier molecular flexibility index (Phi) is 5.08. The number of carbonyl (C=O) groups is 1. The quantitative estimate of drug-likeness (QED) is 0.864. The first-order valence-electron chi connectivity index (χ1n) is 8.22. The second kappa shape index (κ2) is 7.22. The maximum absolute atomic E-state index is 12.6. The zero-order chi connectivity index (χ0) is 15.4. The average molecular weight is 303 g/mol. The van der Waals surface area contributed by atoms with Crippen molar-refractivity contribution in [1.29, 1.82) is 0 Å². The van der Waals surface area contributed by atoms with Gasteiger partial charge in [-0.15, -0.1) is 0 Å². The predicted octanol–water partition coefficient (Wildman–Crippen LogP) is 0.576. The second-order valence-electron chi connectivity index (χ2n) is 6.12. The van der Waals surface area contributed by atoms with E-state index in [9.17, 15) is 4.79 Å². The summed E-state index contributed by atoms with van der Waals surface area (Å²) in [4.78, 5) is 19.1. The van der Waals surface area contributed by atoms with E-state index >= 15 is 0 Å². The number of para-hydroxylation sites is 1. The molecule has 1 N–H and O–H groups in total. The van der Waals surface area contributed by atoms with Crippen LogP contribution in [0.5, 0.6) is 0 Å². The Morgan fingerprint density at radius 3 is 2.55 bits per heavy atom. The maximum atomic E-state index is 12.6. The van der Waals surface area contributed by atoms with Crippen LogP contribution in [0.1, 0.15) is 12.0 Å². The molecule has 2 heterocycles. The Morgan fingerprint density at radius 1 is 1.05 bits per heavy atom. The minimum atomic E-state index is 0.216. The van der Waals surface area contributed by atoms with Gasteiger partial charge in [-0.1, -0.05) is 18.2 Å². The molecule has 0 spiro atoms. The molecule has 1 amide bonds. The van der Waals surface area contributed by atoms with Gasteiger partial charge in [0.1, 0.15) is 0 Å². The standard InChI is InChI=1S/C17H25N3O2/c21-13-3-7-18-9-11-19(12-10-18)14-17(22)20-8-6-15-4-1-2-5-16(15)20/h1-2,4-5,21H,3,6-14H2. The lowest BCUT2D eigenvalue weighted by molar-refractivity contribution is -0.120. The summed E-state index contributed by atoms with van der Waals surface area (Å²) in [6, 6.07) is 8.21. The molecule has 2 aliphatic rings. The van der Waals surface area contributed by atoms with Gasteiger partial charge in [-0.2, -0.15) is 0 Å². The zero-order valence-corrected chi connectivity index (χ0v) is 13.1. The van der Waals surface area contributed by atoms with Crippen molar-refractivity contribution in [2.24, 2.45) is 0 Å². The Hall–Kier alpha value is -1.43. The lowest BCUT2D eigenvalue weighted by atomic mass is 10.2. The monoisotopic (exact) mass is 303 g/mol. The minimum Gasteiger partial charge on any atom is -0.396 e.